The van der Waals surface area contributed by atoms with Gasteiger partial charge in [0.25, 0.3) is 0 Å². The number of nitrogens with zero attached hydrogens (tertiary/aromatic N) is 1. The predicted octanol–water partition coefficient (Wildman–Crippen LogP) is 4.76. The summed E-state index contributed by atoms with van der Waals surface area (Å²) in [6.45, 7) is 0.866. The van der Waals surface area contributed by atoms with Gasteiger partial charge in [-0.1, -0.05) is 35.9 Å². The number of methoxy groups -OCH3 is 1. The number of ether oxygens (including phenoxy) is 1. The number of aliphatic hydroxyl groups is 1. The van der Waals surface area contributed by atoms with Crippen molar-refractivity contribution in [3.63, 3.8) is 0 Å². The van der Waals surface area contributed by atoms with E-state index in [1.54, 1.807) is 7.11 Å². The minimum Gasteiger partial charge on any atom is -0.497 e. The van der Waals surface area contributed by atoms with Gasteiger partial charge in [-0.3, -0.25) is 0 Å². The van der Waals surface area contributed by atoms with Crippen LogP contribution in [0.4, 0.5) is 0 Å². The molecule has 0 spiro atoms. The van der Waals surface area contributed by atoms with Crippen LogP contribution in [0.1, 0.15) is 30.4 Å². The van der Waals surface area contributed by atoms with Crippen LogP contribution in [-0.2, 0) is 12.0 Å². The predicted molar refractivity (Wildman–Crippen MR) is 111 cm³/mol. The summed E-state index contributed by atoms with van der Waals surface area (Å²) in [5.41, 5.74) is 1.48. The molecule has 4 heteroatoms. The van der Waals surface area contributed by atoms with Crippen LogP contribution in [0.5, 0.6) is 5.75 Å². The van der Waals surface area contributed by atoms with Crippen LogP contribution >= 0.6 is 11.6 Å². The van der Waals surface area contributed by atoms with Gasteiger partial charge in [0.1, 0.15) is 5.75 Å². The van der Waals surface area contributed by atoms with Crippen LogP contribution in [0.2, 0.25) is 5.02 Å². The second-order valence-electron chi connectivity index (χ2n) is 8.09. The zero-order valence-electron chi connectivity index (χ0n) is 16.5. The van der Waals surface area contributed by atoms with Crippen molar-refractivity contribution in [3.8, 4) is 5.75 Å². The molecule has 1 aliphatic carbocycles. The summed E-state index contributed by atoms with van der Waals surface area (Å²) < 4.78 is 5.38. The van der Waals surface area contributed by atoms with E-state index in [4.69, 9.17) is 16.3 Å². The third-order valence-electron chi connectivity index (χ3n) is 5.82. The first-order chi connectivity index (χ1) is 12.9. The number of halogens is 1. The van der Waals surface area contributed by atoms with Crippen molar-refractivity contribution in [1.29, 1.82) is 0 Å². The fraction of sp³-hybridized carbons (Fsp3) is 0.478. The SMILES string of the molecule is COc1cccc(C2(O)CCC(Cc3ccc(Cl)cc3)CC2CN(C)C)c1. The monoisotopic (exact) mass is 387 g/mol. The molecule has 1 fully saturated rings. The zero-order valence-corrected chi connectivity index (χ0v) is 17.2. The molecule has 0 saturated heterocycles. The summed E-state index contributed by atoms with van der Waals surface area (Å²) in [5, 5.41) is 12.5. The van der Waals surface area contributed by atoms with E-state index in [-0.39, 0.29) is 5.92 Å². The van der Waals surface area contributed by atoms with Crippen molar-refractivity contribution in [2.24, 2.45) is 11.8 Å². The second-order valence-corrected chi connectivity index (χ2v) is 8.52. The largest absolute Gasteiger partial charge is 0.497 e. The third kappa shape index (κ3) is 4.84. The Balaban J connectivity index is 1.80. The van der Waals surface area contributed by atoms with E-state index in [2.05, 4.69) is 31.1 Å². The number of hydrogen-bond acceptors (Lipinski definition) is 3. The van der Waals surface area contributed by atoms with Gasteiger partial charge in [0, 0.05) is 17.5 Å². The van der Waals surface area contributed by atoms with Crippen LogP contribution in [0, 0.1) is 11.8 Å². The van der Waals surface area contributed by atoms with Gasteiger partial charge in [0.2, 0.25) is 0 Å². The normalized spacial score (nSPS) is 25.6. The Hall–Kier alpha value is -1.55. The molecule has 0 bridgehead atoms. The van der Waals surface area contributed by atoms with Gasteiger partial charge >= 0.3 is 0 Å². The van der Waals surface area contributed by atoms with Crippen LogP contribution in [-0.4, -0.2) is 37.8 Å². The Morgan fingerprint density at radius 3 is 2.59 bits per heavy atom. The highest BCUT2D eigenvalue weighted by Gasteiger charge is 2.43. The van der Waals surface area contributed by atoms with Crippen LogP contribution in [0.3, 0.4) is 0 Å². The molecule has 146 valence electrons. The quantitative estimate of drug-likeness (QED) is 0.775. The van der Waals surface area contributed by atoms with E-state index >= 15 is 0 Å². The summed E-state index contributed by atoms with van der Waals surface area (Å²) in [6, 6.07) is 16.1. The smallest absolute Gasteiger partial charge is 0.119 e. The Kier molecular flexibility index (Phi) is 6.46. The molecule has 0 amide bonds. The first-order valence-corrected chi connectivity index (χ1v) is 10.0. The van der Waals surface area contributed by atoms with Gasteiger partial charge < -0.3 is 14.7 Å². The molecule has 1 aliphatic rings. The maximum Gasteiger partial charge on any atom is 0.119 e. The van der Waals surface area contributed by atoms with E-state index in [1.807, 2.05) is 36.4 Å². The molecule has 1 saturated carbocycles. The van der Waals surface area contributed by atoms with E-state index in [0.717, 1.165) is 48.6 Å². The van der Waals surface area contributed by atoms with Crippen molar-refractivity contribution >= 4 is 11.6 Å². The lowest BCUT2D eigenvalue weighted by atomic mass is 9.66. The van der Waals surface area contributed by atoms with Gasteiger partial charge in [-0.15, -0.1) is 0 Å². The topological polar surface area (TPSA) is 32.7 Å². The molecule has 0 radical (unpaired) electrons. The summed E-state index contributed by atoms with van der Waals surface area (Å²) in [5.74, 6) is 1.56. The maximum atomic E-state index is 11.7. The van der Waals surface area contributed by atoms with Crippen molar-refractivity contribution in [2.45, 2.75) is 31.3 Å². The fourth-order valence-electron chi connectivity index (χ4n) is 4.42. The first-order valence-electron chi connectivity index (χ1n) is 9.67. The van der Waals surface area contributed by atoms with E-state index in [1.165, 1.54) is 5.56 Å². The maximum absolute atomic E-state index is 11.7. The standard InChI is InChI=1S/C23H30ClNO2/c1-25(2)16-20-14-18(13-17-7-9-21(24)10-8-17)11-12-23(20,26)19-5-4-6-22(15-19)27-3/h4-10,15,18,20,26H,11-14,16H2,1-3H3. The molecule has 27 heavy (non-hydrogen) atoms. The molecule has 0 heterocycles. The average molecular weight is 388 g/mol. The van der Waals surface area contributed by atoms with Gasteiger partial charge in [0.15, 0.2) is 0 Å². The highest BCUT2D eigenvalue weighted by molar-refractivity contribution is 6.30. The molecule has 3 rings (SSSR count). The lowest BCUT2D eigenvalue weighted by Gasteiger charge is -2.44. The van der Waals surface area contributed by atoms with E-state index < -0.39 is 5.60 Å². The Bertz CT molecular complexity index is 746. The van der Waals surface area contributed by atoms with E-state index in [9.17, 15) is 5.11 Å². The summed E-state index contributed by atoms with van der Waals surface area (Å²) in [6.07, 6.45) is 3.83. The third-order valence-corrected chi connectivity index (χ3v) is 6.07. The van der Waals surface area contributed by atoms with Crippen molar-refractivity contribution in [1.82, 2.24) is 4.90 Å². The zero-order chi connectivity index (χ0) is 19.4. The average Bonchev–Trinajstić information content (AvgIpc) is 2.66. The first kappa shape index (κ1) is 20.2. The Morgan fingerprint density at radius 2 is 1.93 bits per heavy atom. The molecule has 0 aromatic heterocycles. The number of hydrogen-bond donors (Lipinski definition) is 1. The van der Waals surface area contributed by atoms with Gasteiger partial charge in [-0.25, -0.2) is 0 Å². The Labute approximate surface area is 167 Å². The van der Waals surface area contributed by atoms with Gasteiger partial charge in [0.05, 0.1) is 12.7 Å². The fourth-order valence-corrected chi connectivity index (χ4v) is 4.55. The number of benzene rings is 2. The van der Waals surface area contributed by atoms with Crippen molar-refractivity contribution in [3.05, 3.63) is 64.7 Å². The lowest BCUT2D eigenvalue weighted by Crippen LogP contribution is -2.45. The van der Waals surface area contributed by atoms with Crippen molar-refractivity contribution < 1.29 is 9.84 Å². The molecule has 3 nitrogen and oxygen atoms in total. The highest BCUT2D eigenvalue weighted by atomic mass is 35.5. The Morgan fingerprint density at radius 1 is 1.19 bits per heavy atom. The summed E-state index contributed by atoms with van der Waals surface area (Å²) in [4.78, 5) is 2.18. The minimum atomic E-state index is -0.810. The summed E-state index contributed by atoms with van der Waals surface area (Å²) >= 11 is 6.02. The highest BCUT2D eigenvalue weighted by Crippen LogP contribution is 2.45. The van der Waals surface area contributed by atoms with Crippen LogP contribution < -0.4 is 4.74 Å². The lowest BCUT2D eigenvalue weighted by molar-refractivity contribution is -0.0753. The van der Waals surface area contributed by atoms with Crippen LogP contribution in [0.15, 0.2) is 48.5 Å². The molecule has 1 N–H and O–H groups in total. The molecule has 2 aromatic carbocycles. The van der Waals surface area contributed by atoms with Crippen molar-refractivity contribution in [2.75, 3.05) is 27.7 Å². The molecule has 3 atom stereocenters. The minimum absolute atomic E-state index is 0.186. The van der Waals surface area contributed by atoms with Gasteiger partial charge in [-0.05, 0) is 81.1 Å². The molecular formula is C23H30ClNO2. The van der Waals surface area contributed by atoms with E-state index in [0.29, 0.717) is 5.92 Å². The number of rotatable bonds is 6. The van der Waals surface area contributed by atoms with Gasteiger partial charge in [-0.2, -0.15) is 0 Å². The molecule has 0 aliphatic heterocycles. The molecular weight excluding hydrogens is 358 g/mol. The summed E-state index contributed by atoms with van der Waals surface area (Å²) in [7, 11) is 5.83. The van der Waals surface area contributed by atoms with Crippen LogP contribution in [0.25, 0.3) is 0 Å². The second kappa shape index (κ2) is 8.64. The molecule has 3 unspecified atom stereocenters. The molecule has 2 aromatic rings.